The van der Waals surface area contributed by atoms with Crippen molar-refractivity contribution in [1.82, 2.24) is 19.9 Å². The lowest BCUT2D eigenvalue weighted by molar-refractivity contribution is -0.118. The van der Waals surface area contributed by atoms with E-state index in [4.69, 9.17) is 0 Å². The molecule has 0 atom stereocenters. The van der Waals surface area contributed by atoms with Gasteiger partial charge in [0.25, 0.3) is 5.56 Å². The second kappa shape index (κ2) is 7.77. The Labute approximate surface area is 151 Å². The van der Waals surface area contributed by atoms with E-state index < -0.39 is 0 Å². The number of carbonyl (C=O) groups is 1. The van der Waals surface area contributed by atoms with Gasteiger partial charge >= 0.3 is 0 Å². The predicted molar refractivity (Wildman–Crippen MR) is 101 cm³/mol. The highest BCUT2D eigenvalue weighted by molar-refractivity contribution is 5.75. The molecule has 0 aliphatic heterocycles. The molecule has 1 amide bonds. The number of amides is 1. The van der Waals surface area contributed by atoms with Crippen molar-refractivity contribution in [1.29, 1.82) is 0 Å². The third-order valence-corrected chi connectivity index (χ3v) is 3.99. The highest BCUT2D eigenvalue weighted by Gasteiger charge is 2.10. The third kappa shape index (κ3) is 4.05. The molecule has 0 aliphatic carbocycles. The van der Waals surface area contributed by atoms with Crippen molar-refractivity contribution in [2.75, 3.05) is 11.9 Å². The van der Waals surface area contributed by atoms with Gasteiger partial charge in [0.05, 0.1) is 11.9 Å². The normalized spacial score (nSPS) is 10.7. The Balaban J connectivity index is 1.86. The van der Waals surface area contributed by atoms with E-state index in [9.17, 15) is 9.59 Å². The van der Waals surface area contributed by atoms with E-state index in [2.05, 4.69) is 20.6 Å². The largest absolute Gasteiger partial charge is 0.380 e. The summed E-state index contributed by atoms with van der Waals surface area (Å²) in [7, 11) is 0. The SMILES string of the molecule is CC(=O)NCCn1c(=O)c(C)nc2cc(NCc3ccccc3)cnc21. The van der Waals surface area contributed by atoms with Crippen LogP contribution in [0.1, 0.15) is 18.2 Å². The summed E-state index contributed by atoms with van der Waals surface area (Å²) < 4.78 is 1.55. The fourth-order valence-corrected chi connectivity index (χ4v) is 2.70. The Morgan fingerprint density at radius 3 is 2.73 bits per heavy atom. The van der Waals surface area contributed by atoms with E-state index in [1.807, 2.05) is 36.4 Å². The van der Waals surface area contributed by atoms with Crippen LogP contribution in [0.4, 0.5) is 5.69 Å². The number of nitrogens with zero attached hydrogens (tertiary/aromatic N) is 3. The molecule has 0 bridgehead atoms. The summed E-state index contributed by atoms with van der Waals surface area (Å²) in [6.07, 6.45) is 1.69. The number of hydrogen-bond acceptors (Lipinski definition) is 5. The van der Waals surface area contributed by atoms with Crippen LogP contribution in [0.5, 0.6) is 0 Å². The van der Waals surface area contributed by atoms with Crippen LogP contribution in [-0.4, -0.2) is 27.0 Å². The molecule has 0 radical (unpaired) electrons. The Kier molecular flexibility index (Phi) is 5.26. The molecule has 2 heterocycles. The first-order chi connectivity index (χ1) is 12.5. The van der Waals surface area contributed by atoms with Crippen LogP contribution in [-0.2, 0) is 17.9 Å². The fraction of sp³-hybridized carbons (Fsp3) is 0.263. The number of fused-ring (bicyclic) bond motifs is 1. The Hall–Kier alpha value is -3.22. The van der Waals surface area contributed by atoms with Crippen LogP contribution in [0, 0.1) is 6.92 Å². The van der Waals surface area contributed by atoms with Crippen LogP contribution < -0.4 is 16.2 Å². The summed E-state index contributed by atoms with van der Waals surface area (Å²) in [6, 6.07) is 11.9. The van der Waals surface area contributed by atoms with Gasteiger partial charge in [0.15, 0.2) is 5.65 Å². The first-order valence-electron chi connectivity index (χ1n) is 8.44. The van der Waals surface area contributed by atoms with Crippen LogP contribution >= 0.6 is 0 Å². The summed E-state index contributed by atoms with van der Waals surface area (Å²) in [5.74, 6) is -0.131. The maximum absolute atomic E-state index is 12.4. The first-order valence-corrected chi connectivity index (χ1v) is 8.44. The molecule has 2 N–H and O–H groups in total. The van der Waals surface area contributed by atoms with E-state index in [1.165, 1.54) is 6.92 Å². The van der Waals surface area contributed by atoms with Gasteiger partial charge in [-0.15, -0.1) is 0 Å². The van der Waals surface area contributed by atoms with Crippen molar-refractivity contribution < 1.29 is 4.79 Å². The van der Waals surface area contributed by atoms with Crippen molar-refractivity contribution >= 4 is 22.8 Å². The lowest BCUT2D eigenvalue weighted by Crippen LogP contribution is -2.31. The number of nitrogens with one attached hydrogen (secondary N) is 2. The molecular formula is C19H21N5O2. The molecule has 3 rings (SSSR count). The van der Waals surface area contributed by atoms with E-state index in [-0.39, 0.29) is 11.5 Å². The monoisotopic (exact) mass is 351 g/mol. The van der Waals surface area contributed by atoms with Crippen molar-refractivity contribution in [2.45, 2.75) is 26.9 Å². The molecule has 0 spiro atoms. The van der Waals surface area contributed by atoms with E-state index in [1.54, 1.807) is 17.7 Å². The third-order valence-electron chi connectivity index (χ3n) is 3.99. The second-order valence-corrected chi connectivity index (χ2v) is 6.04. The average molecular weight is 351 g/mol. The smallest absolute Gasteiger partial charge is 0.273 e. The summed E-state index contributed by atoms with van der Waals surface area (Å²) in [5, 5.41) is 6.01. The van der Waals surface area contributed by atoms with Gasteiger partial charge in [-0.05, 0) is 18.6 Å². The van der Waals surface area contributed by atoms with Gasteiger partial charge in [0.1, 0.15) is 11.2 Å². The number of carbonyl (C=O) groups excluding carboxylic acids is 1. The molecule has 0 unspecified atom stereocenters. The maximum atomic E-state index is 12.4. The molecule has 0 saturated heterocycles. The van der Waals surface area contributed by atoms with Crippen LogP contribution in [0.25, 0.3) is 11.2 Å². The zero-order valence-electron chi connectivity index (χ0n) is 14.8. The lowest BCUT2D eigenvalue weighted by Gasteiger charge is -2.12. The van der Waals surface area contributed by atoms with Crippen LogP contribution in [0.3, 0.4) is 0 Å². The summed E-state index contributed by atoms with van der Waals surface area (Å²) in [5.41, 5.74) is 3.36. The molecule has 7 heteroatoms. The second-order valence-electron chi connectivity index (χ2n) is 6.04. The average Bonchev–Trinajstić information content (AvgIpc) is 2.63. The predicted octanol–water partition coefficient (Wildman–Crippen LogP) is 1.85. The minimum absolute atomic E-state index is 0.131. The van der Waals surface area contributed by atoms with Crippen LogP contribution in [0.2, 0.25) is 0 Å². The first kappa shape index (κ1) is 17.6. The van der Waals surface area contributed by atoms with E-state index in [0.29, 0.717) is 36.5 Å². The fourth-order valence-electron chi connectivity index (χ4n) is 2.70. The minimum atomic E-state index is -0.194. The van der Waals surface area contributed by atoms with Gasteiger partial charge < -0.3 is 10.6 Å². The quantitative estimate of drug-likeness (QED) is 0.707. The highest BCUT2D eigenvalue weighted by Crippen LogP contribution is 2.15. The molecule has 7 nitrogen and oxygen atoms in total. The van der Waals surface area contributed by atoms with Gasteiger partial charge in [0, 0.05) is 26.6 Å². The summed E-state index contributed by atoms with van der Waals surface area (Å²) in [4.78, 5) is 32.2. The molecule has 0 saturated carbocycles. The number of aryl methyl sites for hydroxylation is 1. The summed E-state index contributed by atoms with van der Waals surface area (Å²) >= 11 is 0. The maximum Gasteiger partial charge on any atom is 0.273 e. The van der Waals surface area contributed by atoms with Gasteiger partial charge in [-0.2, -0.15) is 0 Å². The van der Waals surface area contributed by atoms with Crippen molar-refractivity contribution in [2.24, 2.45) is 0 Å². The van der Waals surface area contributed by atoms with Crippen molar-refractivity contribution in [3.05, 3.63) is 64.2 Å². The molecular weight excluding hydrogens is 330 g/mol. The van der Waals surface area contributed by atoms with Gasteiger partial charge in [0.2, 0.25) is 5.91 Å². The number of aromatic nitrogens is 3. The standard InChI is InChI=1S/C19H21N5O2/c1-13-19(26)24(9-8-20-14(2)25)18-17(23-13)10-16(12-22-18)21-11-15-6-4-3-5-7-15/h3-7,10,12,21H,8-9,11H2,1-2H3,(H,20,25). The van der Waals surface area contributed by atoms with E-state index >= 15 is 0 Å². The zero-order valence-corrected chi connectivity index (χ0v) is 14.8. The van der Waals surface area contributed by atoms with Crippen molar-refractivity contribution in [3.63, 3.8) is 0 Å². The van der Waals surface area contributed by atoms with Gasteiger partial charge in [-0.25, -0.2) is 9.97 Å². The molecule has 0 fully saturated rings. The van der Waals surface area contributed by atoms with Gasteiger partial charge in [-0.1, -0.05) is 30.3 Å². The molecule has 2 aromatic heterocycles. The Bertz CT molecular complexity index is 982. The number of benzene rings is 1. The van der Waals surface area contributed by atoms with Crippen LogP contribution in [0.15, 0.2) is 47.4 Å². The topological polar surface area (TPSA) is 88.9 Å². The minimum Gasteiger partial charge on any atom is -0.380 e. The number of hydrogen-bond donors (Lipinski definition) is 2. The molecule has 134 valence electrons. The Morgan fingerprint density at radius 1 is 1.23 bits per heavy atom. The van der Waals surface area contributed by atoms with Crippen molar-refractivity contribution in [3.8, 4) is 0 Å². The number of pyridine rings is 1. The van der Waals surface area contributed by atoms with E-state index in [0.717, 1.165) is 11.3 Å². The van der Waals surface area contributed by atoms with Gasteiger partial charge in [-0.3, -0.25) is 14.2 Å². The zero-order chi connectivity index (χ0) is 18.5. The summed E-state index contributed by atoms with van der Waals surface area (Å²) in [6.45, 7) is 4.52. The molecule has 3 aromatic rings. The highest BCUT2D eigenvalue weighted by atomic mass is 16.1. The molecule has 0 aliphatic rings. The number of anilines is 1. The number of rotatable bonds is 6. The molecule has 1 aromatic carbocycles. The lowest BCUT2D eigenvalue weighted by atomic mass is 10.2. The molecule has 26 heavy (non-hydrogen) atoms. The Morgan fingerprint density at radius 2 is 2.00 bits per heavy atom.